The van der Waals surface area contributed by atoms with Crippen molar-refractivity contribution in [2.45, 2.75) is 18.9 Å². The third-order valence-electron chi connectivity index (χ3n) is 2.79. The lowest BCUT2D eigenvalue weighted by Gasteiger charge is -2.25. The number of rotatable bonds is 6. The number of aliphatic carboxylic acids is 1. The van der Waals surface area contributed by atoms with Crippen LogP contribution in [-0.2, 0) is 16.0 Å². The van der Waals surface area contributed by atoms with Crippen molar-refractivity contribution in [3.63, 3.8) is 0 Å². The van der Waals surface area contributed by atoms with Gasteiger partial charge in [0.2, 0.25) is 0 Å². The molecule has 1 rings (SSSR count). The minimum absolute atomic E-state index is 0.138. The molecular formula is C14H16N2O4. The first kappa shape index (κ1) is 15.7. The quantitative estimate of drug-likeness (QED) is 0.806. The molecule has 0 radical (unpaired) electrons. The van der Waals surface area contributed by atoms with Crippen LogP contribution in [0.15, 0.2) is 24.3 Å². The zero-order chi connectivity index (χ0) is 15.2. The van der Waals surface area contributed by atoms with Gasteiger partial charge in [-0.2, -0.15) is 5.26 Å². The van der Waals surface area contributed by atoms with E-state index in [9.17, 15) is 9.59 Å². The average Bonchev–Trinajstić information content (AvgIpc) is 2.40. The number of hydrogen-bond acceptors (Lipinski definition) is 4. The van der Waals surface area contributed by atoms with Crippen molar-refractivity contribution < 1.29 is 19.4 Å². The highest BCUT2D eigenvalue weighted by Gasteiger charge is 2.35. The number of carboxylic acids is 1. The lowest BCUT2D eigenvalue weighted by Crippen LogP contribution is -2.55. The smallest absolute Gasteiger partial charge is 0.331 e. The summed E-state index contributed by atoms with van der Waals surface area (Å²) in [6.45, 7) is 1.24. The minimum Gasteiger partial charge on any atom is -0.479 e. The van der Waals surface area contributed by atoms with E-state index in [1.54, 1.807) is 24.3 Å². The topological polar surface area (TPSA) is 99.4 Å². The van der Waals surface area contributed by atoms with E-state index in [0.717, 1.165) is 5.56 Å². The van der Waals surface area contributed by atoms with E-state index in [1.807, 2.05) is 6.07 Å². The van der Waals surface area contributed by atoms with Crippen molar-refractivity contribution >= 4 is 11.9 Å². The first-order chi connectivity index (χ1) is 9.42. The van der Waals surface area contributed by atoms with Gasteiger partial charge >= 0.3 is 5.97 Å². The molecule has 1 amide bonds. The summed E-state index contributed by atoms with van der Waals surface area (Å²) in [6.07, 6.45) is 0.262. The van der Waals surface area contributed by atoms with E-state index < -0.39 is 17.4 Å². The molecule has 0 spiro atoms. The van der Waals surface area contributed by atoms with Gasteiger partial charge in [-0.05, 0) is 24.6 Å². The molecule has 0 heterocycles. The summed E-state index contributed by atoms with van der Waals surface area (Å²) >= 11 is 0. The normalized spacial score (nSPS) is 13.1. The Hall–Kier alpha value is -2.39. The molecule has 0 saturated carbocycles. The predicted molar refractivity (Wildman–Crippen MR) is 71.1 cm³/mol. The van der Waals surface area contributed by atoms with Gasteiger partial charge in [0, 0.05) is 12.7 Å². The first-order valence-corrected chi connectivity index (χ1v) is 5.93. The number of nitriles is 1. The van der Waals surface area contributed by atoms with Crippen LogP contribution in [0.25, 0.3) is 0 Å². The standard InChI is InChI=1S/C14H16N2O4/c1-14(9-20-2,13(18)19)16-12(17)11-5-3-10(4-6-11)7-8-15/h3-6H,7,9H2,1-2H3,(H,16,17)(H,18,19). The summed E-state index contributed by atoms with van der Waals surface area (Å²) in [4.78, 5) is 23.2. The molecule has 0 saturated heterocycles. The SMILES string of the molecule is COCC(C)(NC(=O)c1ccc(CC#N)cc1)C(=O)O. The minimum atomic E-state index is -1.49. The van der Waals surface area contributed by atoms with Gasteiger partial charge in [0.1, 0.15) is 0 Å². The lowest BCUT2D eigenvalue weighted by atomic mass is 10.0. The van der Waals surface area contributed by atoms with Crippen LogP contribution in [0.1, 0.15) is 22.8 Å². The van der Waals surface area contributed by atoms with Crippen LogP contribution in [0.4, 0.5) is 0 Å². The van der Waals surface area contributed by atoms with Crippen LogP contribution in [0, 0.1) is 11.3 Å². The van der Waals surface area contributed by atoms with Gasteiger partial charge in [0.05, 0.1) is 19.1 Å². The molecule has 1 atom stereocenters. The molecule has 0 aromatic heterocycles. The van der Waals surface area contributed by atoms with E-state index in [2.05, 4.69) is 5.32 Å². The maximum Gasteiger partial charge on any atom is 0.331 e. The van der Waals surface area contributed by atoms with Crippen molar-refractivity contribution in [2.75, 3.05) is 13.7 Å². The number of carboxylic acid groups (broad SMARTS) is 1. The molecule has 1 unspecified atom stereocenters. The van der Waals surface area contributed by atoms with Crippen LogP contribution in [0.5, 0.6) is 0 Å². The molecule has 0 aliphatic rings. The van der Waals surface area contributed by atoms with Gasteiger partial charge in [0.25, 0.3) is 5.91 Å². The van der Waals surface area contributed by atoms with Gasteiger partial charge in [-0.1, -0.05) is 12.1 Å². The van der Waals surface area contributed by atoms with E-state index >= 15 is 0 Å². The Kier molecular flexibility index (Phi) is 5.23. The first-order valence-electron chi connectivity index (χ1n) is 5.93. The van der Waals surface area contributed by atoms with Crippen LogP contribution in [0.2, 0.25) is 0 Å². The molecule has 1 aromatic rings. The number of nitrogens with one attached hydrogen (secondary N) is 1. The second-order valence-electron chi connectivity index (χ2n) is 4.56. The van der Waals surface area contributed by atoms with E-state index in [-0.39, 0.29) is 13.0 Å². The zero-order valence-corrected chi connectivity index (χ0v) is 11.3. The Morgan fingerprint density at radius 3 is 2.45 bits per heavy atom. The maximum atomic E-state index is 12.0. The van der Waals surface area contributed by atoms with Crippen molar-refractivity contribution in [3.8, 4) is 6.07 Å². The maximum absolute atomic E-state index is 12.0. The number of methoxy groups -OCH3 is 1. The van der Waals surface area contributed by atoms with Crippen LogP contribution in [-0.4, -0.2) is 36.2 Å². The summed E-state index contributed by atoms with van der Waals surface area (Å²) in [5.74, 6) is -1.68. The molecule has 1 aromatic carbocycles. The molecule has 6 heteroatoms. The molecule has 0 aliphatic carbocycles. The van der Waals surface area contributed by atoms with Crippen molar-refractivity contribution in [2.24, 2.45) is 0 Å². The zero-order valence-electron chi connectivity index (χ0n) is 11.3. The van der Waals surface area contributed by atoms with E-state index in [4.69, 9.17) is 15.1 Å². The van der Waals surface area contributed by atoms with Crippen molar-refractivity contribution in [1.29, 1.82) is 5.26 Å². The van der Waals surface area contributed by atoms with Gasteiger partial charge in [0.15, 0.2) is 5.54 Å². The number of carbonyl (C=O) groups is 2. The van der Waals surface area contributed by atoms with Gasteiger partial charge in [-0.15, -0.1) is 0 Å². The van der Waals surface area contributed by atoms with Crippen LogP contribution < -0.4 is 5.32 Å². The molecule has 2 N–H and O–H groups in total. The summed E-state index contributed by atoms with van der Waals surface area (Å²) in [7, 11) is 1.37. The Morgan fingerprint density at radius 2 is 2.00 bits per heavy atom. The number of amides is 1. The number of ether oxygens (including phenoxy) is 1. The Bertz CT molecular complexity index is 533. The molecule has 0 aliphatic heterocycles. The molecule has 0 bridgehead atoms. The molecule has 106 valence electrons. The third kappa shape index (κ3) is 3.80. The fourth-order valence-electron chi connectivity index (χ4n) is 1.63. The van der Waals surface area contributed by atoms with Crippen molar-refractivity contribution in [1.82, 2.24) is 5.32 Å². The van der Waals surface area contributed by atoms with Gasteiger partial charge < -0.3 is 15.2 Å². The Morgan fingerprint density at radius 1 is 1.40 bits per heavy atom. The summed E-state index contributed by atoms with van der Waals surface area (Å²) in [5, 5.41) is 20.1. The second kappa shape index (κ2) is 6.68. The fourth-order valence-corrected chi connectivity index (χ4v) is 1.63. The summed E-state index contributed by atoms with van der Waals surface area (Å²) < 4.78 is 4.82. The summed E-state index contributed by atoms with van der Waals surface area (Å²) in [6, 6.07) is 8.43. The molecule has 0 fully saturated rings. The van der Waals surface area contributed by atoms with E-state index in [0.29, 0.717) is 5.56 Å². The number of nitrogens with zero attached hydrogens (tertiary/aromatic N) is 1. The second-order valence-corrected chi connectivity index (χ2v) is 4.56. The average molecular weight is 276 g/mol. The summed E-state index contributed by atoms with van der Waals surface area (Å²) in [5.41, 5.74) is -0.367. The van der Waals surface area contributed by atoms with E-state index in [1.165, 1.54) is 14.0 Å². The monoisotopic (exact) mass is 276 g/mol. The van der Waals surface area contributed by atoms with Crippen LogP contribution in [0.3, 0.4) is 0 Å². The van der Waals surface area contributed by atoms with Gasteiger partial charge in [-0.3, -0.25) is 4.79 Å². The van der Waals surface area contributed by atoms with Crippen molar-refractivity contribution in [3.05, 3.63) is 35.4 Å². The fraction of sp³-hybridized carbons (Fsp3) is 0.357. The number of hydrogen-bond donors (Lipinski definition) is 2. The third-order valence-corrected chi connectivity index (χ3v) is 2.79. The Labute approximate surface area is 117 Å². The predicted octanol–water partition coefficient (Wildman–Crippen LogP) is 0.972. The molecule has 6 nitrogen and oxygen atoms in total. The lowest BCUT2D eigenvalue weighted by molar-refractivity contribution is -0.145. The molecular weight excluding hydrogens is 260 g/mol. The van der Waals surface area contributed by atoms with Gasteiger partial charge in [-0.25, -0.2) is 4.79 Å². The largest absolute Gasteiger partial charge is 0.479 e. The highest BCUT2D eigenvalue weighted by atomic mass is 16.5. The highest BCUT2D eigenvalue weighted by Crippen LogP contribution is 2.09. The van der Waals surface area contributed by atoms with Crippen LogP contribution >= 0.6 is 0 Å². The Balaban J connectivity index is 2.84. The molecule has 20 heavy (non-hydrogen) atoms. The highest BCUT2D eigenvalue weighted by molar-refractivity contribution is 5.97. The number of benzene rings is 1. The number of carbonyl (C=O) groups excluding carboxylic acids is 1.